The molecule has 0 aliphatic heterocycles. The standard InChI is InChI=1S/C28H20O3/c29-27(31-24-18-17-20-9-4-5-11-22(20)19-24)28(30,23-13-2-1-3-14-23)26-16-8-12-21-10-6-7-15-25(21)26/h1-19,30H/t28-/m0/s1. The fraction of sp³-hybridized carbons (Fsp3) is 0.0357. The lowest BCUT2D eigenvalue weighted by Gasteiger charge is -2.28. The summed E-state index contributed by atoms with van der Waals surface area (Å²) in [5, 5.41) is 15.7. The number of carbonyl (C=O) groups excluding carboxylic acids is 1. The van der Waals surface area contributed by atoms with Crippen molar-refractivity contribution in [1.29, 1.82) is 0 Å². The molecule has 0 aliphatic carbocycles. The Bertz CT molecular complexity index is 1390. The van der Waals surface area contributed by atoms with E-state index in [0.29, 0.717) is 16.9 Å². The highest BCUT2D eigenvalue weighted by molar-refractivity contribution is 5.96. The molecule has 1 N–H and O–H groups in total. The van der Waals surface area contributed by atoms with E-state index in [9.17, 15) is 9.90 Å². The second-order valence-corrected chi connectivity index (χ2v) is 7.50. The van der Waals surface area contributed by atoms with E-state index in [-0.39, 0.29) is 0 Å². The van der Waals surface area contributed by atoms with Gasteiger partial charge in [-0.25, -0.2) is 4.79 Å². The SMILES string of the molecule is O=C(Oc1ccc2ccccc2c1)[C@](O)(c1ccccc1)c1cccc2ccccc12. The monoisotopic (exact) mass is 404 g/mol. The smallest absolute Gasteiger partial charge is 0.353 e. The zero-order valence-corrected chi connectivity index (χ0v) is 16.7. The van der Waals surface area contributed by atoms with Gasteiger partial charge in [0.2, 0.25) is 5.60 Å². The van der Waals surface area contributed by atoms with Gasteiger partial charge in [0, 0.05) is 5.56 Å². The van der Waals surface area contributed by atoms with Gasteiger partial charge in [0.05, 0.1) is 0 Å². The first kappa shape index (κ1) is 19.0. The van der Waals surface area contributed by atoms with E-state index in [2.05, 4.69) is 0 Å². The minimum Gasteiger partial charge on any atom is -0.424 e. The minimum atomic E-state index is -1.96. The van der Waals surface area contributed by atoms with Crippen molar-refractivity contribution < 1.29 is 14.6 Å². The lowest BCUT2D eigenvalue weighted by molar-refractivity contribution is -0.151. The Morgan fingerprint density at radius 1 is 0.645 bits per heavy atom. The Morgan fingerprint density at radius 3 is 2.10 bits per heavy atom. The van der Waals surface area contributed by atoms with Crippen LogP contribution in [0, 0.1) is 0 Å². The van der Waals surface area contributed by atoms with Crippen LogP contribution in [0.3, 0.4) is 0 Å². The van der Waals surface area contributed by atoms with Crippen LogP contribution < -0.4 is 4.74 Å². The molecule has 0 radical (unpaired) electrons. The van der Waals surface area contributed by atoms with E-state index in [1.54, 1.807) is 36.4 Å². The first-order chi connectivity index (χ1) is 15.2. The van der Waals surface area contributed by atoms with E-state index in [1.165, 1.54) is 0 Å². The third-order valence-corrected chi connectivity index (χ3v) is 5.60. The summed E-state index contributed by atoms with van der Waals surface area (Å²) in [7, 11) is 0. The number of carbonyl (C=O) groups is 1. The van der Waals surface area contributed by atoms with Crippen LogP contribution in [0.2, 0.25) is 0 Å². The second kappa shape index (κ2) is 7.71. The molecule has 0 amide bonds. The molecule has 0 fully saturated rings. The molecule has 3 nitrogen and oxygen atoms in total. The summed E-state index contributed by atoms with van der Waals surface area (Å²) in [5.41, 5.74) is -1.02. The van der Waals surface area contributed by atoms with E-state index < -0.39 is 11.6 Å². The first-order valence-electron chi connectivity index (χ1n) is 10.1. The molecule has 0 heterocycles. The maximum Gasteiger partial charge on any atom is 0.353 e. The molecule has 5 rings (SSSR count). The molecular formula is C28H20O3. The maximum absolute atomic E-state index is 13.5. The lowest BCUT2D eigenvalue weighted by Crippen LogP contribution is -2.40. The lowest BCUT2D eigenvalue weighted by atomic mass is 9.83. The van der Waals surface area contributed by atoms with Gasteiger partial charge in [-0.2, -0.15) is 0 Å². The van der Waals surface area contributed by atoms with Gasteiger partial charge in [-0.15, -0.1) is 0 Å². The minimum absolute atomic E-state index is 0.387. The molecule has 0 unspecified atom stereocenters. The molecule has 0 aromatic heterocycles. The predicted molar refractivity (Wildman–Crippen MR) is 123 cm³/mol. The van der Waals surface area contributed by atoms with Gasteiger partial charge >= 0.3 is 5.97 Å². The average Bonchev–Trinajstić information content (AvgIpc) is 2.83. The number of hydrogen-bond acceptors (Lipinski definition) is 3. The Morgan fingerprint density at radius 2 is 1.29 bits per heavy atom. The third kappa shape index (κ3) is 3.35. The average molecular weight is 404 g/mol. The number of benzene rings is 5. The summed E-state index contributed by atoms with van der Waals surface area (Å²) in [4.78, 5) is 13.5. The highest BCUT2D eigenvalue weighted by atomic mass is 16.6. The van der Waals surface area contributed by atoms with Crippen LogP contribution in [0.15, 0.2) is 115 Å². The van der Waals surface area contributed by atoms with Crippen molar-refractivity contribution in [3.8, 4) is 5.75 Å². The van der Waals surface area contributed by atoms with Gasteiger partial charge in [-0.3, -0.25) is 0 Å². The van der Waals surface area contributed by atoms with Crippen molar-refractivity contribution >= 4 is 27.5 Å². The van der Waals surface area contributed by atoms with E-state index in [4.69, 9.17) is 4.74 Å². The van der Waals surface area contributed by atoms with Gasteiger partial charge in [0.15, 0.2) is 0 Å². The predicted octanol–water partition coefficient (Wildman–Crippen LogP) is 5.83. The van der Waals surface area contributed by atoms with Crippen LogP contribution in [0.4, 0.5) is 0 Å². The molecule has 3 heteroatoms. The molecule has 0 spiro atoms. The van der Waals surface area contributed by atoms with Crippen molar-refractivity contribution in [2.45, 2.75) is 5.60 Å². The fourth-order valence-corrected chi connectivity index (χ4v) is 4.02. The Balaban J connectivity index is 1.64. The zero-order chi connectivity index (χ0) is 21.3. The topological polar surface area (TPSA) is 46.5 Å². The second-order valence-electron chi connectivity index (χ2n) is 7.50. The van der Waals surface area contributed by atoms with E-state index in [0.717, 1.165) is 21.5 Å². The van der Waals surface area contributed by atoms with Crippen molar-refractivity contribution in [2.75, 3.05) is 0 Å². The Hall–Kier alpha value is -3.95. The molecule has 0 aliphatic rings. The van der Waals surface area contributed by atoms with Crippen LogP contribution in [0.5, 0.6) is 5.75 Å². The Labute approximate surface area is 180 Å². The largest absolute Gasteiger partial charge is 0.424 e. The Kier molecular flexibility index (Phi) is 4.73. The number of aliphatic hydroxyl groups is 1. The van der Waals surface area contributed by atoms with Crippen LogP contribution in [-0.2, 0) is 10.4 Å². The number of esters is 1. The molecule has 150 valence electrons. The molecule has 5 aromatic rings. The molecule has 0 bridgehead atoms. The third-order valence-electron chi connectivity index (χ3n) is 5.60. The maximum atomic E-state index is 13.5. The highest BCUT2D eigenvalue weighted by Crippen LogP contribution is 2.36. The summed E-state index contributed by atoms with van der Waals surface area (Å²) >= 11 is 0. The van der Waals surface area contributed by atoms with Gasteiger partial charge in [-0.05, 0) is 39.2 Å². The van der Waals surface area contributed by atoms with Gasteiger partial charge < -0.3 is 9.84 Å². The number of fused-ring (bicyclic) bond motifs is 2. The number of hydrogen-bond donors (Lipinski definition) is 1. The molecule has 0 saturated carbocycles. The summed E-state index contributed by atoms with van der Waals surface area (Å²) in [5.74, 6) is -0.358. The van der Waals surface area contributed by atoms with Crippen molar-refractivity contribution in [3.05, 3.63) is 126 Å². The summed E-state index contributed by atoms with van der Waals surface area (Å²) in [6.07, 6.45) is 0. The molecular weight excluding hydrogens is 384 g/mol. The number of ether oxygens (including phenoxy) is 1. The normalized spacial score (nSPS) is 13.1. The quantitative estimate of drug-likeness (QED) is 0.303. The molecule has 0 saturated heterocycles. The molecule has 31 heavy (non-hydrogen) atoms. The van der Waals surface area contributed by atoms with Crippen LogP contribution in [0.1, 0.15) is 11.1 Å². The summed E-state index contributed by atoms with van der Waals surface area (Å²) in [6, 6.07) is 35.5. The van der Waals surface area contributed by atoms with Crippen LogP contribution in [-0.4, -0.2) is 11.1 Å². The van der Waals surface area contributed by atoms with E-state index >= 15 is 0 Å². The highest BCUT2D eigenvalue weighted by Gasteiger charge is 2.43. The van der Waals surface area contributed by atoms with Crippen molar-refractivity contribution in [3.63, 3.8) is 0 Å². The molecule has 1 atom stereocenters. The zero-order valence-electron chi connectivity index (χ0n) is 16.7. The van der Waals surface area contributed by atoms with Gasteiger partial charge in [0.25, 0.3) is 0 Å². The summed E-state index contributed by atoms with van der Waals surface area (Å²) < 4.78 is 5.76. The fourth-order valence-electron chi connectivity index (χ4n) is 4.02. The number of rotatable bonds is 4. The van der Waals surface area contributed by atoms with E-state index in [1.807, 2.05) is 78.9 Å². The summed E-state index contributed by atoms with van der Waals surface area (Å²) in [6.45, 7) is 0. The van der Waals surface area contributed by atoms with Crippen molar-refractivity contribution in [1.82, 2.24) is 0 Å². The van der Waals surface area contributed by atoms with Crippen LogP contribution in [0.25, 0.3) is 21.5 Å². The van der Waals surface area contributed by atoms with Gasteiger partial charge in [-0.1, -0.05) is 103 Å². The molecule has 5 aromatic carbocycles. The first-order valence-corrected chi connectivity index (χ1v) is 10.1. The van der Waals surface area contributed by atoms with Gasteiger partial charge in [0.1, 0.15) is 5.75 Å². The van der Waals surface area contributed by atoms with Crippen molar-refractivity contribution in [2.24, 2.45) is 0 Å². The van der Waals surface area contributed by atoms with Crippen LogP contribution >= 0.6 is 0 Å².